The number of likely N-dealkylation sites (N-methyl/N-ethyl adjacent to an activating group) is 1. The van der Waals surface area contributed by atoms with E-state index >= 15 is 0 Å². The van der Waals surface area contributed by atoms with Crippen LogP contribution in [0.1, 0.15) is 11.6 Å². The molecule has 0 saturated carbocycles. The summed E-state index contributed by atoms with van der Waals surface area (Å²) in [5.41, 5.74) is 1.77. The maximum absolute atomic E-state index is 12.7. The Morgan fingerprint density at radius 1 is 0.950 bits per heavy atom. The molecule has 2 aromatic rings. The molecule has 1 fully saturated rings. The van der Waals surface area contributed by atoms with Crippen LogP contribution in [-0.2, 0) is 4.79 Å². The molecule has 0 unspecified atom stereocenters. The monoisotopic (exact) mass is 282 g/mol. The van der Waals surface area contributed by atoms with Gasteiger partial charge in [0.1, 0.15) is 6.04 Å². The number of nitrogens with zero attached hydrogens (tertiary/aromatic N) is 2. The minimum absolute atomic E-state index is 0.00472. The first kappa shape index (κ1) is 12.8. The van der Waals surface area contributed by atoms with E-state index in [9.17, 15) is 4.79 Å². The Morgan fingerprint density at radius 3 is 2.10 bits per heavy atom. The highest BCUT2D eigenvalue weighted by Gasteiger charge is 2.41. The maximum atomic E-state index is 12.7. The number of benzene rings is 2. The van der Waals surface area contributed by atoms with Gasteiger partial charge < -0.3 is 4.90 Å². The lowest BCUT2D eigenvalue weighted by molar-refractivity contribution is -0.119. The second-order valence-electron chi connectivity index (χ2n) is 4.72. The van der Waals surface area contributed by atoms with Crippen molar-refractivity contribution in [1.29, 1.82) is 0 Å². The topological polar surface area (TPSA) is 23.6 Å². The van der Waals surface area contributed by atoms with Gasteiger partial charge in [-0.3, -0.25) is 9.69 Å². The number of rotatable bonds is 2. The summed E-state index contributed by atoms with van der Waals surface area (Å²) >= 11 is 5.43. The number of carbonyl (C=O) groups is 1. The van der Waals surface area contributed by atoms with E-state index in [1.54, 1.807) is 4.90 Å². The summed E-state index contributed by atoms with van der Waals surface area (Å²) < 4.78 is 0. The van der Waals surface area contributed by atoms with Crippen LogP contribution in [0.25, 0.3) is 0 Å². The van der Waals surface area contributed by atoms with Gasteiger partial charge in [0.25, 0.3) is 5.91 Å². The number of para-hydroxylation sites is 1. The van der Waals surface area contributed by atoms with E-state index in [4.69, 9.17) is 12.2 Å². The molecular formula is C16H14N2OS. The van der Waals surface area contributed by atoms with Crippen LogP contribution in [0.4, 0.5) is 5.69 Å². The molecule has 0 bridgehead atoms. The van der Waals surface area contributed by atoms with Gasteiger partial charge in [0.05, 0.1) is 5.69 Å². The van der Waals surface area contributed by atoms with Crippen molar-refractivity contribution in [1.82, 2.24) is 4.90 Å². The molecule has 20 heavy (non-hydrogen) atoms. The number of amides is 1. The van der Waals surface area contributed by atoms with Crippen LogP contribution in [0.3, 0.4) is 0 Å². The summed E-state index contributed by atoms with van der Waals surface area (Å²) in [7, 11) is 1.86. The van der Waals surface area contributed by atoms with Crippen molar-refractivity contribution in [3.63, 3.8) is 0 Å². The van der Waals surface area contributed by atoms with Gasteiger partial charge in [0, 0.05) is 7.05 Å². The molecule has 100 valence electrons. The normalized spacial score (nSPS) is 18.8. The first-order valence-corrected chi connectivity index (χ1v) is 6.82. The summed E-state index contributed by atoms with van der Waals surface area (Å²) in [5.74, 6) is -0.00472. The Hall–Kier alpha value is -2.20. The Bertz CT molecular complexity index is 642. The van der Waals surface area contributed by atoms with Gasteiger partial charge >= 0.3 is 0 Å². The maximum Gasteiger partial charge on any atom is 0.260 e. The Morgan fingerprint density at radius 2 is 1.50 bits per heavy atom. The summed E-state index contributed by atoms with van der Waals surface area (Å²) in [6, 6.07) is 18.9. The fourth-order valence-corrected chi connectivity index (χ4v) is 2.77. The molecule has 3 rings (SSSR count). The second-order valence-corrected chi connectivity index (χ2v) is 5.08. The molecular weight excluding hydrogens is 268 g/mol. The largest absolute Gasteiger partial charge is 0.336 e. The molecule has 0 aromatic heterocycles. The second kappa shape index (κ2) is 5.06. The highest BCUT2D eigenvalue weighted by Crippen LogP contribution is 2.32. The number of anilines is 1. The molecule has 4 heteroatoms. The fraction of sp³-hybridized carbons (Fsp3) is 0.125. The molecule has 1 heterocycles. The summed E-state index contributed by atoms with van der Waals surface area (Å²) in [6.07, 6.45) is 0. The van der Waals surface area contributed by atoms with Gasteiger partial charge in [-0.15, -0.1) is 0 Å². The zero-order valence-corrected chi connectivity index (χ0v) is 11.9. The van der Waals surface area contributed by atoms with Crippen LogP contribution < -0.4 is 4.90 Å². The Labute approximate surface area is 123 Å². The molecule has 0 radical (unpaired) electrons. The van der Waals surface area contributed by atoms with Crippen molar-refractivity contribution in [3.8, 4) is 0 Å². The van der Waals surface area contributed by atoms with Gasteiger partial charge in [0.2, 0.25) is 0 Å². The summed E-state index contributed by atoms with van der Waals surface area (Å²) in [6.45, 7) is 0. The highest BCUT2D eigenvalue weighted by molar-refractivity contribution is 7.80. The van der Waals surface area contributed by atoms with Crippen LogP contribution >= 0.6 is 12.2 Å². The van der Waals surface area contributed by atoms with E-state index in [2.05, 4.69) is 0 Å². The van der Waals surface area contributed by atoms with Crippen LogP contribution in [0, 0.1) is 0 Å². The highest BCUT2D eigenvalue weighted by atomic mass is 32.1. The molecule has 1 aliphatic heterocycles. The van der Waals surface area contributed by atoms with E-state index in [0.717, 1.165) is 11.3 Å². The van der Waals surface area contributed by atoms with Crippen molar-refractivity contribution >= 4 is 28.9 Å². The summed E-state index contributed by atoms with van der Waals surface area (Å²) in [4.78, 5) is 16.2. The molecule has 2 aromatic carbocycles. The van der Waals surface area contributed by atoms with Gasteiger partial charge in [-0.05, 0) is 29.9 Å². The first-order chi connectivity index (χ1) is 9.70. The van der Waals surface area contributed by atoms with Crippen LogP contribution in [0.15, 0.2) is 60.7 Å². The molecule has 1 aliphatic rings. The predicted molar refractivity (Wildman–Crippen MR) is 83.5 cm³/mol. The molecule has 1 saturated heterocycles. The quantitative estimate of drug-likeness (QED) is 0.791. The lowest BCUT2D eigenvalue weighted by atomic mass is 10.1. The van der Waals surface area contributed by atoms with Crippen molar-refractivity contribution < 1.29 is 4.79 Å². The Kier molecular flexibility index (Phi) is 3.24. The SMILES string of the molecule is CN1C(=S)N(c2ccccc2)C(=O)[C@@H]1c1ccccc1. The number of hydrogen-bond acceptors (Lipinski definition) is 2. The molecule has 0 N–H and O–H groups in total. The van der Waals surface area contributed by atoms with Gasteiger partial charge in [-0.25, -0.2) is 0 Å². The average Bonchev–Trinajstić information content (AvgIpc) is 2.71. The third-order valence-corrected chi connectivity index (χ3v) is 3.93. The van der Waals surface area contributed by atoms with Crippen molar-refractivity contribution in [2.75, 3.05) is 11.9 Å². The number of carbonyl (C=O) groups excluding carboxylic acids is 1. The molecule has 1 amide bonds. The average molecular weight is 282 g/mol. The van der Waals surface area contributed by atoms with Crippen molar-refractivity contribution in [3.05, 3.63) is 66.2 Å². The smallest absolute Gasteiger partial charge is 0.260 e. The zero-order valence-electron chi connectivity index (χ0n) is 11.1. The van der Waals surface area contributed by atoms with E-state index in [0.29, 0.717) is 5.11 Å². The van der Waals surface area contributed by atoms with Gasteiger partial charge in [-0.2, -0.15) is 0 Å². The van der Waals surface area contributed by atoms with Crippen LogP contribution in [0.5, 0.6) is 0 Å². The van der Waals surface area contributed by atoms with Crippen molar-refractivity contribution in [2.24, 2.45) is 0 Å². The van der Waals surface area contributed by atoms with Crippen LogP contribution in [-0.4, -0.2) is 23.0 Å². The van der Waals surface area contributed by atoms with Crippen molar-refractivity contribution in [2.45, 2.75) is 6.04 Å². The lowest BCUT2D eigenvalue weighted by Crippen LogP contribution is -2.30. The first-order valence-electron chi connectivity index (χ1n) is 6.41. The Balaban J connectivity index is 2.01. The fourth-order valence-electron chi connectivity index (χ4n) is 2.47. The molecule has 0 aliphatic carbocycles. The van der Waals surface area contributed by atoms with E-state index in [1.165, 1.54) is 0 Å². The molecule has 0 spiro atoms. The van der Waals surface area contributed by atoms with Gasteiger partial charge in [0.15, 0.2) is 5.11 Å². The van der Waals surface area contributed by atoms with E-state index in [1.807, 2.05) is 72.6 Å². The summed E-state index contributed by atoms with van der Waals surface area (Å²) in [5, 5.41) is 0.537. The standard InChI is InChI=1S/C16H14N2OS/c1-17-14(12-8-4-2-5-9-12)15(19)18(16(17)20)13-10-6-3-7-11-13/h2-11,14H,1H3/t14-/m0/s1. The zero-order chi connectivity index (χ0) is 14.1. The predicted octanol–water partition coefficient (Wildman–Crippen LogP) is 2.99. The minimum atomic E-state index is -0.344. The van der Waals surface area contributed by atoms with E-state index in [-0.39, 0.29) is 11.9 Å². The van der Waals surface area contributed by atoms with E-state index < -0.39 is 0 Å². The third-order valence-electron chi connectivity index (χ3n) is 3.46. The van der Waals surface area contributed by atoms with Crippen LogP contribution in [0.2, 0.25) is 0 Å². The molecule has 3 nitrogen and oxygen atoms in total. The van der Waals surface area contributed by atoms with Gasteiger partial charge in [-0.1, -0.05) is 48.5 Å². The number of thiocarbonyl (C=S) groups is 1. The molecule has 1 atom stereocenters. The lowest BCUT2D eigenvalue weighted by Gasteiger charge is -2.18. The third kappa shape index (κ3) is 1.98. The minimum Gasteiger partial charge on any atom is -0.336 e. The number of hydrogen-bond donors (Lipinski definition) is 0.